The molecule has 104 valence electrons. The van der Waals surface area contributed by atoms with Crippen LogP contribution in [0.1, 0.15) is 23.7 Å². The van der Waals surface area contributed by atoms with Crippen LogP contribution in [0.2, 0.25) is 5.02 Å². The largest absolute Gasteiger partial charge is 1.00 e. The standard InChI is InChI=1S/C13H11ClN2O4.K/c1-2-9(17)10-11(18)15-13(20)16(12(10)19)8-6-4-3-5-7(8)14;/h3-6,18H,2H2,1H3,(H,15,20);/q;+1/p-1. The van der Waals surface area contributed by atoms with E-state index >= 15 is 0 Å². The number of H-pyrrole nitrogens is 1. The first-order valence-corrected chi connectivity index (χ1v) is 6.19. The summed E-state index contributed by atoms with van der Waals surface area (Å²) in [6, 6.07) is 6.16. The van der Waals surface area contributed by atoms with Gasteiger partial charge < -0.3 is 10.1 Å². The van der Waals surface area contributed by atoms with Crippen LogP contribution in [0.15, 0.2) is 33.9 Å². The molecule has 0 bridgehead atoms. The predicted octanol–water partition coefficient (Wildman–Crippen LogP) is -2.15. The van der Waals surface area contributed by atoms with Gasteiger partial charge in [0.05, 0.1) is 16.3 Å². The Morgan fingerprint density at radius 2 is 1.95 bits per heavy atom. The Kier molecular flexibility index (Phi) is 6.57. The number of carbonyl (C=O) groups excluding carboxylic acids is 1. The molecule has 0 amide bonds. The number of carbonyl (C=O) groups is 1. The molecule has 1 aromatic carbocycles. The van der Waals surface area contributed by atoms with Gasteiger partial charge in [0.2, 0.25) is 0 Å². The predicted molar refractivity (Wildman–Crippen MR) is 71.7 cm³/mol. The van der Waals surface area contributed by atoms with Crippen LogP contribution in [0.25, 0.3) is 5.69 Å². The van der Waals surface area contributed by atoms with Crippen LogP contribution in [0.4, 0.5) is 0 Å². The van der Waals surface area contributed by atoms with Crippen LogP contribution in [0, 0.1) is 0 Å². The third kappa shape index (κ3) is 3.56. The first-order valence-electron chi connectivity index (χ1n) is 5.81. The molecule has 1 heterocycles. The summed E-state index contributed by atoms with van der Waals surface area (Å²) in [7, 11) is 0. The van der Waals surface area contributed by atoms with Gasteiger partial charge in [-0.25, -0.2) is 9.36 Å². The molecule has 0 aliphatic carbocycles. The van der Waals surface area contributed by atoms with Crippen molar-refractivity contribution in [1.29, 1.82) is 0 Å². The number of hydrogen-bond acceptors (Lipinski definition) is 4. The molecule has 0 aliphatic heterocycles. The fourth-order valence-electron chi connectivity index (χ4n) is 1.79. The molecule has 0 spiro atoms. The molecule has 2 aromatic rings. The van der Waals surface area contributed by atoms with Crippen LogP contribution in [-0.2, 0) is 0 Å². The summed E-state index contributed by atoms with van der Waals surface area (Å²) in [6.07, 6.45) is -0.0148. The average Bonchev–Trinajstić information content (AvgIpc) is 2.40. The van der Waals surface area contributed by atoms with Crippen molar-refractivity contribution in [1.82, 2.24) is 9.55 Å². The van der Waals surface area contributed by atoms with Gasteiger partial charge >= 0.3 is 57.1 Å². The molecule has 0 radical (unpaired) electrons. The molecule has 21 heavy (non-hydrogen) atoms. The van der Waals surface area contributed by atoms with Gasteiger partial charge in [0.25, 0.3) is 5.56 Å². The fraction of sp³-hybridized carbons (Fsp3) is 0.154. The number of halogens is 1. The zero-order chi connectivity index (χ0) is 14.9. The number of nitrogens with one attached hydrogen (secondary N) is 1. The van der Waals surface area contributed by atoms with Crippen molar-refractivity contribution in [2.45, 2.75) is 13.3 Å². The Hall–Kier alpha value is -0.704. The van der Waals surface area contributed by atoms with Gasteiger partial charge in [0, 0.05) is 6.42 Å². The number of aromatic nitrogens is 2. The van der Waals surface area contributed by atoms with E-state index in [2.05, 4.69) is 0 Å². The summed E-state index contributed by atoms with van der Waals surface area (Å²) in [4.78, 5) is 37.7. The Balaban J connectivity index is 0.00000220. The van der Waals surface area contributed by atoms with E-state index < -0.39 is 28.5 Å². The summed E-state index contributed by atoms with van der Waals surface area (Å²) >= 11 is 5.93. The molecule has 1 aromatic heterocycles. The minimum Gasteiger partial charge on any atom is -0.859 e. The van der Waals surface area contributed by atoms with Crippen molar-refractivity contribution in [2.75, 3.05) is 0 Å². The van der Waals surface area contributed by atoms with Gasteiger partial charge in [-0.1, -0.05) is 30.7 Å². The maximum atomic E-state index is 12.2. The molecule has 2 rings (SSSR count). The van der Waals surface area contributed by atoms with Crippen molar-refractivity contribution in [3.8, 4) is 11.6 Å². The van der Waals surface area contributed by atoms with E-state index in [1.54, 1.807) is 12.1 Å². The van der Waals surface area contributed by atoms with E-state index in [0.29, 0.717) is 4.57 Å². The summed E-state index contributed by atoms with van der Waals surface area (Å²) in [5, 5.41) is 11.8. The topological polar surface area (TPSA) is 95.0 Å². The Morgan fingerprint density at radius 3 is 2.52 bits per heavy atom. The van der Waals surface area contributed by atoms with Crippen LogP contribution in [-0.4, -0.2) is 15.3 Å². The molecule has 1 N–H and O–H groups in total. The minimum absolute atomic E-state index is 0. The van der Waals surface area contributed by atoms with Crippen molar-refractivity contribution in [3.05, 3.63) is 55.7 Å². The molecular formula is C13H10ClKN2O4. The summed E-state index contributed by atoms with van der Waals surface area (Å²) in [6.45, 7) is 1.52. The second-order valence-electron chi connectivity index (χ2n) is 4.00. The van der Waals surface area contributed by atoms with Crippen molar-refractivity contribution < 1.29 is 61.3 Å². The number of nitrogens with zero attached hydrogens (tertiary/aromatic N) is 1. The molecule has 6 nitrogen and oxygen atoms in total. The Bertz CT molecular complexity index is 797. The minimum atomic E-state index is -0.977. The van der Waals surface area contributed by atoms with E-state index in [0.717, 1.165) is 0 Å². The molecule has 8 heteroatoms. The number of ketones is 1. The molecular weight excluding hydrogens is 323 g/mol. The Morgan fingerprint density at radius 1 is 1.33 bits per heavy atom. The maximum Gasteiger partial charge on any atom is 1.00 e. The van der Waals surface area contributed by atoms with Crippen molar-refractivity contribution in [3.63, 3.8) is 0 Å². The van der Waals surface area contributed by atoms with Gasteiger partial charge in [-0.15, -0.1) is 0 Å². The van der Waals surface area contributed by atoms with Gasteiger partial charge in [0.15, 0.2) is 5.78 Å². The van der Waals surface area contributed by atoms with Crippen molar-refractivity contribution >= 4 is 17.4 Å². The first kappa shape index (κ1) is 18.3. The van der Waals surface area contributed by atoms with E-state index in [9.17, 15) is 19.5 Å². The van der Waals surface area contributed by atoms with E-state index in [-0.39, 0.29) is 68.5 Å². The molecule has 0 atom stereocenters. The van der Waals surface area contributed by atoms with E-state index in [1.807, 2.05) is 4.98 Å². The fourth-order valence-corrected chi connectivity index (χ4v) is 2.01. The molecule has 0 saturated heterocycles. The number of para-hydroxylation sites is 1. The molecule has 0 fully saturated rings. The van der Waals surface area contributed by atoms with Crippen molar-refractivity contribution in [2.24, 2.45) is 0 Å². The van der Waals surface area contributed by atoms with E-state index in [1.165, 1.54) is 19.1 Å². The monoisotopic (exact) mass is 332 g/mol. The SMILES string of the molecule is CCC(=O)c1c([O-])[nH]c(=O)n(-c2ccccc2Cl)c1=O.[K+]. The molecule has 0 unspecified atom stereocenters. The quantitative estimate of drug-likeness (QED) is 0.512. The zero-order valence-electron chi connectivity index (χ0n) is 11.5. The second kappa shape index (κ2) is 7.53. The summed E-state index contributed by atoms with van der Waals surface area (Å²) < 4.78 is 0.687. The normalized spacial score (nSPS) is 10.0. The number of hydrogen-bond donors (Lipinski definition) is 1. The van der Waals surface area contributed by atoms with Crippen LogP contribution in [0.3, 0.4) is 0 Å². The molecule has 0 saturated carbocycles. The zero-order valence-corrected chi connectivity index (χ0v) is 15.4. The van der Waals surface area contributed by atoms with Crippen LogP contribution in [0.5, 0.6) is 5.88 Å². The smallest absolute Gasteiger partial charge is 0.859 e. The second-order valence-corrected chi connectivity index (χ2v) is 4.41. The first-order chi connectivity index (χ1) is 9.47. The van der Waals surface area contributed by atoms with Gasteiger partial charge in [-0.05, 0) is 18.0 Å². The van der Waals surface area contributed by atoms with Gasteiger partial charge in [-0.2, -0.15) is 0 Å². The average molecular weight is 333 g/mol. The third-order valence-electron chi connectivity index (χ3n) is 2.76. The van der Waals surface area contributed by atoms with Crippen LogP contribution < -0.4 is 67.7 Å². The number of rotatable bonds is 3. The number of benzene rings is 1. The third-order valence-corrected chi connectivity index (χ3v) is 3.08. The van der Waals surface area contributed by atoms with E-state index in [4.69, 9.17) is 11.6 Å². The summed E-state index contributed by atoms with van der Waals surface area (Å²) in [5.74, 6) is -1.60. The molecule has 0 aliphatic rings. The van der Waals surface area contributed by atoms with Gasteiger partial charge in [0.1, 0.15) is 0 Å². The van der Waals surface area contributed by atoms with Gasteiger partial charge in [-0.3, -0.25) is 9.59 Å². The summed E-state index contributed by atoms with van der Waals surface area (Å²) in [5.41, 5.74) is -2.34. The Labute approximate surface area is 167 Å². The maximum absolute atomic E-state index is 12.2. The van der Waals surface area contributed by atoms with Crippen LogP contribution >= 0.6 is 11.6 Å². The number of Topliss-reactive ketones (excluding diaryl/α,β-unsaturated/α-hetero) is 1. The number of aromatic amines is 1.